The first-order valence-corrected chi connectivity index (χ1v) is 13.3. The molecule has 1 amide bonds. The van der Waals surface area contributed by atoms with Gasteiger partial charge >= 0.3 is 0 Å². The van der Waals surface area contributed by atoms with Crippen LogP contribution in [0.15, 0.2) is 89.8 Å². The first-order chi connectivity index (χ1) is 16.4. The third kappa shape index (κ3) is 6.13. The van der Waals surface area contributed by atoms with Crippen molar-refractivity contribution in [2.45, 2.75) is 37.6 Å². The number of amides is 1. The van der Waals surface area contributed by atoms with Crippen molar-refractivity contribution >= 4 is 15.9 Å². The maximum absolute atomic E-state index is 13.5. The smallest absolute Gasteiger partial charge is 0.243 e. The normalized spacial score (nSPS) is 14.9. The summed E-state index contributed by atoms with van der Waals surface area (Å²) in [7, 11) is -3.82. The molecule has 0 unspecified atom stereocenters. The predicted octanol–water partition coefficient (Wildman–Crippen LogP) is 4.67. The van der Waals surface area contributed by atoms with Crippen LogP contribution in [-0.2, 0) is 27.8 Å². The number of likely N-dealkylation sites (tertiary alicyclic amines) is 1. The lowest BCUT2D eigenvalue weighted by Gasteiger charge is -2.33. The number of hydrogen-bond donors (Lipinski definition) is 0. The standard InChI is InChI=1S/C28H32N2O3S/c1-23-12-14-27(15-13-23)34(32,33)30(21-26-10-6-3-7-11-26)22-28(31)29-18-16-25(17-19-29)20-24-8-4-2-5-9-24/h2-15,25H,16-22H2,1H3. The van der Waals surface area contributed by atoms with Gasteiger partial charge in [-0.2, -0.15) is 4.31 Å². The largest absolute Gasteiger partial charge is 0.342 e. The fraction of sp³-hybridized carbons (Fsp3) is 0.321. The maximum atomic E-state index is 13.5. The number of piperidine rings is 1. The van der Waals surface area contributed by atoms with Crippen LogP contribution in [0, 0.1) is 12.8 Å². The highest BCUT2D eigenvalue weighted by Gasteiger charge is 2.30. The van der Waals surface area contributed by atoms with Gasteiger partial charge in [-0.1, -0.05) is 78.4 Å². The zero-order valence-electron chi connectivity index (χ0n) is 19.6. The lowest BCUT2D eigenvalue weighted by Crippen LogP contribution is -2.45. The Kier molecular flexibility index (Phi) is 7.80. The summed E-state index contributed by atoms with van der Waals surface area (Å²) in [6, 6.07) is 26.7. The van der Waals surface area contributed by atoms with Crippen molar-refractivity contribution < 1.29 is 13.2 Å². The van der Waals surface area contributed by atoms with Crippen LogP contribution in [-0.4, -0.2) is 43.2 Å². The molecule has 0 aromatic heterocycles. The van der Waals surface area contributed by atoms with E-state index in [0.717, 1.165) is 30.4 Å². The highest BCUT2D eigenvalue weighted by atomic mass is 32.2. The highest BCUT2D eigenvalue weighted by Crippen LogP contribution is 2.23. The molecule has 1 heterocycles. The highest BCUT2D eigenvalue weighted by molar-refractivity contribution is 7.89. The number of hydrogen-bond acceptors (Lipinski definition) is 3. The molecule has 3 aromatic rings. The summed E-state index contributed by atoms with van der Waals surface area (Å²) in [6.07, 6.45) is 2.89. The molecule has 1 aliphatic rings. The van der Waals surface area contributed by atoms with Crippen molar-refractivity contribution in [2.24, 2.45) is 5.92 Å². The minimum Gasteiger partial charge on any atom is -0.342 e. The van der Waals surface area contributed by atoms with E-state index in [4.69, 9.17) is 0 Å². The lowest BCUT2D eigenvalue weighted by atomic mass is 9.90. The third-order valence-corrected chi connectivity index (χ3v) is 8.31. The molecule has 5 nitrogen and oxygen atoms in total. The molecule has 0 bridgehead atoms. The van der Waals surface area contributed by atoms with Crippen molar-refractivity contribution in [3.05, 3.63) is 102 Å². The lowest BCUT2D eigenvalue weighted by molar-refractivity contribution is -0.132. The molecule has 1 aliphatic heterocycles. The van der Waals surface area contributed by atoms with Gasteiger partial charge in [-0.05, 0) is 55.4 Å². The van der Waals surface area contributed by atoms with Gasteiger partial charge < -0.3 is 4.90 Å². The van der Waals surface area contributed by atoms with E-state index in [9.17, 15) is 13.2 Å². The molecule has 0 spiro atoms. The van der Waals surface area contributed by atoms with Crippen molar-refractivity contribution in [2.75, 3.05) is 19.6 Å². The molecular formula is C28H32N2O3S. The minimum atomic E-state index is -3.82. The number of nitrogens with zero attached hydrogens (tertiary/aromatic N) is 2. The van der Waals surface area contributed by atoms with Crippen LogP contribution < -0.4 is 0 Å². The van der Waals surface area contributed by atoms with Crippen molar-refractivity contribution in [1.82, 2.24) is 9.21 Å². The second-order valence-electron chi connectivity index (χ2n) is 9.09. The molecule has 178 valence electrons. The Morgan fingerprint density at radius 1 is 0.853 bits per heavy atom. The van der Waals surface area contributed by atoms with E-state index >= 15 is 0 Å². The Bertz CT molecular complexity index is 1170. The SMILES string of the molecule is Cc1ccc(S(=O)(=O)N(CC(=O)N2CCC(Cc3ccccc3)CC2)Cc2ccccc2)cc1. The zero-order valence-corrected chi connectivity index (χ0v) is 20.5. The summed E-state index contributed by atoms with van der Waals surface area (Å²) >= 11 is 0. The van der Waals surface area contributed by atoms with Gasteiger partial charge in [0.05, 0.1) is 11.4 Å². The first-order valence-electron chi connectivity index (χ1n) is 11.8. The van der Waals surface area contributed by atoms with Crippen molar-refractivity contribution in [1.29, 1.82) is 0 Å². The van der Waals surface area contributed by atoms with Crippen molar-refractivity contribution in [3.63, 3.8) is 0 Å². The first kappa shape index (κ1) is 24.2. The average Bonchev–Trinajstić information content (AvgIpc) is 2.85. The number of aryl methyl sites for hydroxylation is 1. The number of rotatable bonds is 8. The Labute approximate surface area is 203 Å². The summed E-state index contributed by atoms with van der Waals surface area (Å²) in [5, 5.41) is 0. The van der Waals surface area contributed by atoms with Crippen molar-refractivity contribution in [3.8, 4) is 0 Å². The van der Waals surface area contributed by atoms with Gasteiger partial charge in [0.2, 0.25) is 15.9 Å². The Morgan fingerprint density at radius 2 is 1.41 bits per heavy atom. The van der Waals surface area contributed by atoms with Crippen LogP contribution in [0.1, 0.15) is 29.5 Å². The van der Waals surface area contributed by atoms with Crippen LogP contribution in [0.3, 0.4) is 0 Å². The van der Waals surface area contributed by atoms with E-state index in [1.807, 2.05) is 48.2 Å². The molecule has 3 aromatic carbocycles. The van der Waals surface area contributed by atoms with Gasteiger partial charge in [0, 0.05) is 19.6 Å². The van der Waals surface area contributed by atoms with E-state index < -0.39 is 10.0 Å². The van der Waals surface area contributed by atoms with Gasteiger partial charge in [0.25, 0.3) is 0 Å². The van der Waals surface area contributed by atoms with E-state index in [1.165, 1.54) is 9.87 Å². The van der Waals surface area contributed by atoms with E-state index in [1.54, 1.807) is 24.3 Å². The Hall–Kier alpha value is -2.96. The quantitative estimate of drug-likeness (QED) is 0.475. The number of carbonyl (C=O) groups excluding carboxylic acids is 1. The van der Waals surface area contributed by atoms with Crippen LogP contribution in [0.25, 0.3) is 0 Å². The second-order valence-corrected chi connectivity index (χ2v) is 11.0. The number of carbonyl (C=O) groups is 1. The molecule has 0 aliphatic carbocycles. The molecule has 1 fully saturated rings. The number of sulfonamides is 1. The van der Waals surface area contributed by atoms with Crippen LogP contribution >= 0.6 is 0 Å². The molecule has 34 heavy (non-hydrogen) atoms. The van der Waals surface area contributed by atoms with Gasteiger partial charge in [0.1, 0.15) is 0 Å². The maximum Gasteiger partial charge on any atom is 0.243 e. The van der Waals surface area contributed by atoms with Gasteiger partial charge in [-0.3, -0.25) is 4.79 Å². The predicted molar refractivity (Wildman–Crippen MR) is 135 cm³/mol. The molecule has 1 saturated heterocycles. The Morgan fingerprint density at radius 3 is 2.00 bits per heavy atom. The molecule has 0 N–H and O–H groups in total. The number of benzene rings is 3. The fourth-order valence-corrected chi connectivity index (χ4v) is 5.83. The minimum absolute atomic E-state index is 0.134. The molecule has 4 rings (SSSR count). The monoisotopic (exact) mass is 476 g/mol. The van der Waals surface area contributed by atoms with Gasteiger partial charge in [0.15, 0.2) is 0 Å². The van der Waals surface area contributed by atoms with Gasteiger partial charge in [-0.15, -0.1) is 0 Å². The van der Waals surface area contributed by atoms with Crippen LogP contribution in [0.2, 0.25) is 0 Å². The average molecular weight is 477 g/mol. The second kappa shape index (κ2) is 11.0. The summed E-state index contributed by atoms with van der Waals surface area (Å²) in [4.78, 5) is 15.3. The molecule has 0 atom stereocenters. The molecular weight excluding hydrogens is 444 g/mol. The van der Waals surface area contributed by atoms with E-state index in [2.05, 4.69) is 24.3 Å². The topological polar surface area (TPSA) is 57.7 Å². The summed E-state index contributed by atoms with van der Waals surface area (Å²) in [6.45, 7) is 3.25. The zero-order chi connectivity index (χ0) is 24.0. The van der Waals surface area contributed by atoms with E-state index in [0.29, 0.717) is 19.0 Å². The summed E-state index contributed by atoms with van der Waals surface area (Å²) < 4.78 is 28.3. The summed E-state index contributed by atoms with van der Waals surface area (Å²) in [5.74, 6) is 0.410. The molecule has 0 saturated carbocycles. The fourth-order valence-electron chi connectivity index (χ4n) is 4.46. The summed E-state index contributed by atoms with van der Waals surface area (Å²) in [5.41, 5.74) is 3.17. The third-order valence-electron chi connectivity index (χ3n) is 6.51. The van der Waals surface area contributed by atoms with Crippen LogP contribution in [0.4, 0.5) is 0 Å². The van der Waals surface area contributed by atoms with E-state index in [-0.39, 0.29) is 23.9 Å². The van der Waals surface area contributed by atoms with Crippen LogP contribution in [0.5, 0.6) is 0 Å². The Balaban J connectivity index is 1.44. The van der Waals surface area contributed by atoms with Gasteiger partial charge in [-0.25, -0.2) is 8.42 Å². The molecule has 0 radical (unpaired) electrons. The molecule has 6 heteroatoms.